The summed E-state index contributed by atoms with van der Waals surface area (Å²) in [6.07, 6.45) is 0. The quantitative estimate of drug-likeness (QED) is 0.169. The zero-order chi connectivity index (χ0) is 39.6. The second kappa shape index (κ2) is 13.8. The third kappa shape index (κ3) is 5.95. The Labute approximate surface area is 347 Å². The lowest BCUT2D eigenvalue weighted by Crippen LogP contribution is -2.10. The summed E-state index contributed by atoms with van der Waals surface area (Å²) < 4.78 is 6.14. The number of fused-ring (bicyclic) bond motifs is 7. The molecular formula is C57H36N2O. The third-order valence-electron chi connectivity index (χ3n) is 12.0. The number of nitrogens with zero attached hydrogens (tertiary/aromatic N) is 2. The maximum Gasteiger partial charge on any atom is 0.227 e. The van der Waals surface area contributed by atoms with Crippen LogP contribution in [0.1, 0.15) is 0 Å². The summed E-state index contributed by atoms with van der Waals surface area (Å²) in [5.74, 6) is 0. The van der Waals surface area contributed by atoms with Gasteiger partial charge in [0.05, 0.1) is 5.69 Å². The summed E-state index contributed by atoms with van der Waals surface area (Å²) >= 11 is 0. The summed E-state index contributed by atoms with van der Waals surface area (Å²) in [5.41, 5.74) is 11.5. The van der Waals surface area contributed by atoms with E-state index in [1.54, 1.807) is 0 Å². The van der Waals surface area contributed by atoms with Crippen molar-refractivity contribution in [2.24, 2.45) is 0 Å². The second-order valence-electron chi connectivity index (χ2n) is 15.6. The van der Waals surface area contributed by atoms with Gasteiger partial charge in [0.1, 0.15) is 5.58 Å². The molecule has 0 fully saturated rings. The fraction of sp³-hybridized carbons (Fsp3) is 0. The molecule has 0 saturated carbocycles. The van der Waals surface area contributed by atoms with E-state index in [9.17, 15) is 0 Å². The molecule has 0 radical (unpaired) electrons. The molecule has 3 nitrogen and oxygen atoms in total. The van der Waals surface area contributed by atoms with Gasteiger partial charge in [-0.2, -0.15) is 0 Å². The van der Waals surface area contributed by atoms with Gasteiger partial charge < -0.3 is 9.32 Å². The molecule has 2 aromatic heterocycles. The van der Waals surface area contributed by atoms with Crippen LogP contribution in [0.25, 0.3) is 98.7 Å². The monoisotopic (exact) mass is 764 g/mol. The minimum Gasteiger partial charge on any atom is -0.438 e. The Hall–Kier alpha value is -8.01. The first-order chi connectivity index (χ1) is 29.7. The molecule has 0 unspecified atom stereocenters. The van der Waals surface area contributed by atoms with Crippen molar-refractivity contribution < 1.29 is 4.42 Å². The van der Waals surface area contributed by atoms with E-state index in [2.05, 4.69) is 205 Å². The van der Waals surface area contributed by atoms with Gasteiger partial charge in [0.2, 0.25) is 5.71 Å². The van der Waals surface area contributed by atoms with E-state index >= 15 is 0 Å². The average molecular weight is 765 g/mol. The van der Waals surface area contributed by atoms with Crippen LogP contribution in [0.2, 0.25) is 0 Å². The van der Waals surface area contributed by atoms with Crippen LogP contribution in [0.5, 0.6) is 0 Å². The summed E-state index contributed by atoms with van der Waals surface area (Å²) in [5, 5.41) is 11.9. The summed E-state index contributed by atoms with van der Waals surface area (Å²) in [6.45, 7) is 0. The van der Waals surface area contributed by atoms with Crippen LogP contribution in [-0.4, -0.2) is 4.98 Å². The predicted molar refractivity (Wildman–Crippen MR) is 253 cm³/mol. The third-order valence-corrected chi connectivity index (χ3v) is 12.0. The highest BCUT2D eigenvalue weighted by Crippen LogP contribution is 2.40. The van der Waals surface area contributed by atoms with Crippen LogP contribution >= 0.6 is 0 Å². The molecule has 0 bridgehead atoms. The number of benzene rings is 10. The van der Waals surface area contributed by atoms with E-state index in [1.807, 2.05) is 18.2 Å². The van der Waals surface area contributed by atoms with Crippen molar-refractivity contribution in [3.8, 4) is 33.5 Å². The molecular weight excluding hydrogens is 729 g/mol. The van der Waals surface area contributed by atoms with Crippen LogP contribution in [-0.2, 0) is 0 Å². The molecule has 2 heterocycles. The first-order valence-corrected chi connectivity index (χ1v) is 20.4. The lowest BCUT2D eigenvalue weighted by Gasteiger charge is -2.26. The number of para-hydroxylation sites is 1. The van der Waals surface area contributed by atoms with Crippen molar-refractivity contribution in [2.75, 3.05) is 4.90 Å². The van der Waals surface area contributed by atoms with Crippen LogP contribution in [0.4, 0.5) is 17.1 Å². The van der Waals surface area contributed by atoms with Gasteiger partial charge in [-0.3, -0.25) is 0 Å². The molecule has 0 spiro atoms. The van der Waals surface area contributed by atoms with Crippen LogP contribution in [0, 0.1) is 0 Å². The fourth-order valence-corrected chi connectivity index (χ4v) is 8.84. The molecule has 0 N–H and O–H groups in total. The van der Waals surface area contributed by atoms with Crippen molar-refractivity contribution in [3.63, 3.8) is 0 Å². The normalized spacial score (nSPS) is 11.7. The molecule has 0 aliphatic rings. The van der Waals surface area contributed by atoms with Gasteiger partial charge in [-0.05, 0) is 144 Å². The molecule has 0 amide bonds. The van der Waals surface area contributed by atoms with Gasteiger partial charge in [0.15, 0.2) is 0 Å². The van der Waals surface area contributed by atoms with E-state index < -0.39 is 0 Å². The minimum atomic E-state index is 0.652. The fourth-order valence-electron chi connectivity index (χ4n) is 8.84. The zero-order valence-corrected chi connectivity index (χ0v) is 32.6. The number of hydrogen-bond acceptors (Lipinski definition) is 3. The van der Waals surface area contributed by atoms with Gasteiger partial charge in [-0.15, -0.1) is 0 Å². The topological polar surface area (TPSA) is 29.3 Å². The zero-order valence-electron chi connectivity index (χ0n) is 32.6. The van der Waals surface area contributed by atoms with Crippen LogP contribution in [0.3, 0.4) is 0 Å². The summed E-state index contributed by atoms with van der Waals surface area (Å²) in [7, 11) is 0. The lowest BCUT2D eigenvalue weighted by atomic mass is 9.97. The predicted octanol–water partition coefficient (Wildman–Crippen LogP) is 16.1. The molecule has 3 heteroatoms. The number of anilines is 3. The molecule has 10 aromatic carbocycles. The molecule has 0 aliphatic carbocycles. The van der Waals surface area contributed by atoms with Gasteiger partial charge in [-0.25, -0.2) is 4.98 Å². The SMILES string of the molecule is c1ccc2cc(-c3ccc4cc(N(c5ccc(-c6ccc7c(n6)oc6ccccc67)cc5)c5ccc6cc(-c7ccc8ccccc8c7)ccc6c5)ccc4c3)ccc2c1. The lowest BCUT2D eigenvalue weighted by molar-refractivity contribution is 0.654. The molecule has 0 atom stereocenters. The molecule has 60 heavy (non-hydrogen) atoms. The van der Waals surface area contributed by atoms with Crippen molar-refractivity contribution in [3.05, 3.63) is 218 Å². The van der Waals surface area contributed by atoms with E-state index in [1.165, 1.54) is 65.3 Å². The molecule has 0 aliphatic heterocycles. The number of pyridine rings is 1. The largest absolute Gasteiger partial charge is 0.438 e. The van der Waals surface area contributed by atoms with Gasteiger partial charge in [0, 0.05) is 33.4 Å². The maximum atomic E-state index is 6.14. The van der Waals surface area contributed by atoms with Crippen LogP contribution in [0.15, 0.2) is 223 Å². The number of rotatable bonds is 6. The summed E-state index contributed by atoms with van der Waals surface area (Å²) in [4.78, 5) is 7.30. The van der Waals surface area contributed by atoms with E-state index in [0.29, 0.717) is 5.71 Å². The van der Waals surface area contributed by atoms with E-state index in [-0.39, 0.29) is 0 Å². The smallest absolute Gasteiger partial charge is 0.227 e. The highest BCUT2D eigenvalue weighted by atomic mass is 16.3. The van der Waals surface area contributed by atoms with Gasteiger partial charge in [0.25, 0.3) is 0 Å². The Balaban J connectivity index is 0.935. The Morgan fingerprint density at radius 1 is 0.300 bits per heavy atom. The summed E-state index contributed by atoms with van der Waals surface area (Å²) in [6, 6.07) is 78.7. The number of hydrogen-bond donors (Lipinski definition) is 0. The van der Waals surface area contributed by atoms with Crippen molar-refractivity contribution in [1.29, 1.82) is 0 Å². The number of aromatic nitrogens is 1. The first kappa shape index (κ1) is 34.1. The second-order valence-corrected chi connectivity index (χ2v) is 15.6. The minimum absolute atomic E-state index is 0.652. The average Bonchev–Trinajstić information content (AvgIpc) is 3.69. The highest BCUT2D eigenvalue weighted by molar-refractivity contribution is 6.04. The Kier molecular flexibility index (Phi) is 7.85. The Morgan fingerprint density at radius 2 is 0.717 bits per heavy atom. The van der Waals surface area contributed by atoms with Crippen molar-refractivity contribution in [2.45, 2.75) is 0 Å². The van der Waals surface area contributed by atoms with Crippen molar-refractivity contribution in [1.82, 2.24) is 4.98 Å². The van der Waals surface area contributed by atoms with Crippen LogP contribution < -0.4 is 4.90 Å². The molecule has 12 rings (SSSR count). The van der Waals surface area contributed by atoms with Gasteiger partial charge in [-0.1, -0.05) is 140 Å². The Bertz CT molecular complexity index is 3460. The number of furan rings is 1. The molecule has 12 aromatic rings. The van der Waals surface area contributed by atoms with Crippen molar-refractivity contribution >= 4 is 82.2 Å². The van der Waals surface area contributed by atoms with Gasteiger partial charge >= 0.3 is 0 Å². The Morgan fingerprint density at radius 3 is 1.28 bits per heavy atom. The molecule has 0 saturated heterocycles. The molecule has 280 valence electrons. The van der Waals surface area contributed by atoms with E-state index in [4.69, 9.17) is 9.40 Å². The maximum absolute atomic E-state index is 6.14. The first-order valence-electron chi connectivity index (χ1n) is 20.4. The standard InChI is InChI=1S/C57H36N2O/c1-3-9-40-31-42(15-13-37(40)7-1)44-17-19-48-35-51(27-23-46(48)33-44)59(50-25-21-39(22-26-50)55-30-29-54-53-11-5-6-12-56(53)60-57(54)58-55)52-28-24-47-34-45(18-20-49(47)36-52)43-16-14-38-8-2-4-10-41(38)32-43/h1-36H. The van der Waals surface area contributed by atoms with E-state index in [0.717, 1.165) is 44.7 Å². The highest BCUT2D eigenvalue weighted by Gasteiger charge is 2.16.